The molecule has 0 spiro atoms. The van der Waals surface area contributed by atoms with Gasteiger partial charge in [0, 0.05) is 42.4 Å². The van der Waals surface area contributed by atoms with Gasteiger partial charge in [0.05, 0.1) is 12.2 Å². The van der Waals surface area contributed by atoms with Gasteiger partial charge in [-0.1, -0.05) is 0 Å². The maximum absolute atomic E-state index is 12.9. The van der Waals surface area contributed by atoms with Gasteiger partial charge in [0.1, 0.15) is 5.00 Å². The molecule has 0 atom stereocenters. The van der Waals surface area contributed by atoms with E-state index >= 15 is 0 Å². The van der Waals surface area contributed by atoms with Gasteiger partial charge in [-0.05, 0) is 51.2 Å². The fourth-order valence-corrected chi connectivity index (χ4v) is 5.24. The van der Waals surface area contributed by atoms with Crippen LogP contribution >= 0.6 is 11.3 Å². The number of anilines is 1. The molecule has 0 bridgehead atoms. The number of carbonyl (C=O) groups excluding carboxylic acids is 3. The van der Waals surface area contributed by atoms with Crippen LogP contribution in [0.4, 0.5) is 5.00 Å². The number of esters is 1. The summed E-state index contributed by atoms with van der Waals surface area (Å²) in [5, 5.41) is 3.27. The molecule has 1 N–H and O–H groups in total. The highest BCUT2D eigenvalue weighted by atomic mass is 32.1. The van der Waals surface area contributed by atoms with Crippen LogP contribution in [0.25, 0.3) is 0 Å². The summed E-state index contributed by atoms with van der Waals surface area (Å²) in [5.41, 5.74) is 3.69. The molecule has 0 radical (unpaired) electrons. The molecule has 0 saturated carbocycles. The van der Waals surface area contributed by atoms with E-state index in [1.54, 1.807) is 7.11 Å². The third-order valence-corrected chi connectivity index (χ3v) is 6.60. The molecule has 1 aliphatic rings. The lowest BCUT2D eigenvalue weighted by atomic mass is 9.95. The highest BCUT2D eigenvalue weighted by Crippen LogP contribution is 2.38. The summed E-state index contributed by atoms with van der Waals surface area (Å²) in [5.74, 6) is -1.03. The molecule has 30 heavy (non-hydrogen) atoms. The Labute approximate surface area is 180 Å². The van der Waals surface area contributed by atoms with Crippen LogP contribution in [-0.4, -0.2) is 42.6 Å². The van der Waals surface area contributed by atoms with Gasteiger partial charge in [-0.2, -0.15) is 0 Å². The van der Waals surface area contributed by atoms with Crippen molar-refractivity contribution >= 4 is 34.0 Å². The predicted molar refractivity (Wildman–Crippen MR) is 116 cm³/mol. The molecule has 8 heteroatoms. The van der Waals surface area contributed by atoms with Crippen LogP contribution in [0.2, 0.25) is 0 Å². The number of aromatic nitrogens is 1. The second kappa shape index (κ2) is 9.57. The summed E-state index contributed by atoms with van der Waals surface area (Å²) >= 11 is 1.43. The number of aryl methyl sites for hydroxylation is 2. The number of carbonyl (C=O) groups is 3. The maximum Gasteiger partial charge on any atom is 0.341 e. The summed E-state index contributed by atoms with van der Waals surface area (Å²) in [4.78, 5) is 38.3. The topological polar surface area (TPSA) is 86.6 Å². The van der Waals surface area contributed by atoms with Crippen LogP contribution in [0, 0.1) is 13.8 Å². The zero-order valence-corrected chi connectivity index (χ0v) is 18.7. The van der Waals surface area contributed by atoms with Gasteiger partial charge < -0.3 is 19.4 Å². The molecule has 3 rings (SSSR count). The first-order valence-corrected chi connectivity index (χ1v) is 10.9. The van der Waals surface area contributed by atoms with Crippen LogP contribution in [-0.2, 0) is 33.7 Å². The molecule has 2 heterocycles. The molecule has 0 saturated heterocycles. The van der Waals surface area contributed by atoms with Crippen molar-refractivity contribution in [1.82, 2.24) is 4.57 Å². The molecule has 7 nitrogen and oxygen atoms in total. The normalized spacial score (nSPS) is 13.1. The quantitative estimate of drug-likeness (QED) is 0.508. The molecule has 0 aromatic carbocycles. The number of thiophene rings is 1. The highest BCUT2D eigenvalue weighted by Gasteiger charge is 2.28. The van der Waals surface area contributed by atoms with Crippen molar-refractivity contribution in [3.63, 3.8) is 0 Å². The van der Waals surface area contributed by atoms with Crippen molar-refractivity contribution < 1.29 is 23.9 Å². The minimum atomic E-state index is -0.556. The number of nitrogens with zero attached hydrogens (tertiary/aromatic N) is 1. The Morgan fingerprint density at radius 1 is 1.20 bits per heavy atom. The zero-order chi connectivity index (χ0) is 21.8. The van der Waals surface area contributed by atoms with Gasteiger partial charge >= 0.3 is 5.97 Å². The summed E-state index contributed by atoms with van der Waals surface area (Å²) in [6.07, 6.45) is 3.74. The Kier molecular flexibility index (Phi) is 7.10. The first-order valence-electron chi connectivity index (χ1n) is 10.1. The second-order valence-corrected chi connectivity index (χ2v) is 8.63. The number of rotatable bonds is 8. The first-order chi connectivity index (χ1) is 14.3. The van der Waals surface area contributed by atoms with E-state index in [0.29, 0.717) is 29.3 Å². The summed E-state index contributed by atoms with van der Waals surface area (Å²) in [6, 6.07) is 1.82. The summed E-state index contributed by atoms with van der Waals surface area (Å²) < 4.78 is 12.6. The van der Waals surface area contributed by atoms with E-state index < -0.39 is 5.97 Å². The number of hydrogen-bond acceptors (Lipinski definition) is 6. The van der Waals surface area contributed by atoms with Crippen molar-refractivity contribution in [3.05, 3.63) is 39.0 Å². The smallest absolute Gasteiger partial charge is 0.341 e. The van der Waals surface area contributed by atoms with E-state index in [9.17, 15) is 14.4 Å². The summed E-state index contributed by atoms with van der Waals surface area (Å²) in [7, 11) is 1.64. The predicted octanol–water partition coefficient (Wildman–Crippen LogP) is 3.69. The van der Waals surface area contributed by atoms with Gasteiger partial charge in [-0.25, -0.2) is 4.79 Å². The molecule has 2 aromatic rings. The number of Topliss-reactive ketones (excluding diaryl/α,β-unsaturated/α-hetero) is 1. The fraction of sp³-hybridized carbons (Fsp3) is 0.500. The lowest BCUT2D eigenvalue weighted by Crippen LogP contribution is -2.18. The largest absolute Gasteiger partial charge is 0.454 e. The standard InChI is InChI=1S/C22H28N2O5S/c1-13-11-17(14(2)24(13)9-10-28-4)18(26)12-29-22(27)20-16-7-5-6-8-19(16)30-21(20)23-15(3)25/h11H,5-10,12H2,1-4H3,(H,23,25). The molecule has 2 aromatic heterocycles. The molecule has 0 aliphatic heterocycles. The van der Waals surface area contributed by atoms with Gasteiger partial charge in [0.15, 0.2) is 6.61 Å². The minimum absolute atomic E-state index is 0.234. The first kappa shape index (κ1) is 22.2. The Morgan fingerprint density at radius 3 is 2.63 bits per heavy atom. The molecular weight excluding hydrogens is 404 g/mol. The van der Waals surface area contributed by atoms with E-state index in [1.165, 1.54) is 18.3 Å². The van der Waals surface area contributed by atoms with Gasteiger partial charge in [0.25, 0.3) is 0 Å². The number of hydrogen-bond donors (Lipinski definition) is 1. The van der Waals surface area contributed by atoms with Crippen LogP contribution in [0.15, 0.2) is 6.07 Å². The Hall–Kier alpha value is -2.45. The van der Waals surface area contributed by atoms with Crippen molar-refractivity contribution in [3.8, 4) is 0 Å². The number of ether oxygens (including phenoxy) is 2. The zero-order valence-electron chi connectivity index (χ0n) is 17.9. The molecule has 162 valence electrons. The number of nitrogens with one attached hydrogen (secondary N) is 1. The van der Waals surface area contributed by atoms with Crippen molar-refractivity contribution in [2.45, 2.75) is 53.0 Å². The van der Waals surface area contributed by atoms with Crippen molar-refractivity contribution in [1.29, 1.82) is 0 Å². The van der Waals surface area contributed by atoms with Gasteiger partial charge in [-0.3, -0.25) is 9.59 Å². The van der Waals surface area contributed by atoms with Gasteiger partial charge in [-0.15, -0.1) is 11.3 Å². The number of methoxy groups -OCH3 is 1. The van der Waals surface area contributed by atoms with Crippen LogP contribution in [0.3, 0.4) is 0 Å². The Morgan fingerprint density at radius 2 is 1.93 bits per heavy atom. The Balaban J connectivity index is 1.75. The second-order valence-electron chi connectivity index (χ2n) is 7.52. The lowest BCUT2D eigenvalue weighted by molar-refractivity contribution is -0.114. The third kappa shape index (κ3) is 4.65. The summed E-state index contributed by atoms with van der Waals surface area (Å²) in [6.45, 7) is 6.09. The molecule has 1 amide bonds. The maximum atomic E-state index is 12.9. The number of fused-ring (bicyclic) bond motifs is 1. The minimum Gasteiger partial charge on any atom is -0.454 e. The van der Waals surface area contributed by atoms with E-state index in [1.807, 2.05) is 24.5 Å². The van der Waals surface area contributed by atoms with Gasteiger partial charge in [0.2, 0.25) is 11.7 Å². The molecule has 0 unspecified atom stereocenters. The average molecular weight is 433 g/mol. The Bertz CT molecular complexity index is 973. The average Bonchev–Trinajstić information content (AvgIpc) is 3.20. The lowest BCUT2D eigenvalue weighted by Gasteiger charge is -2.12. The monoisotopic (exact) mass is 432 g/mol. The van der Waals surface area contributed by atoms with Crippen LogP contribution in [0.5, 0.6) is 0 Å². The SMILES string of the molecule is COCCn1c(C)cc(C(=O)COC(=O)c2c(NC(C)=O)sc3c2CCCC3)c1C. The highest BCUT2D eigenvalue weighted by molar-refractivity contribution is 7.17. The molecular formula is C22H28N2O5S. The fourth-order valence-electron chi connectivity index (χ4n) is 3.92. The number of amides is 1. The van der Waals surface area contributed by atoms with Crippen LogP contribution in [0.1, 0.15) is 62.3 Å². The number of ketones is 1. The third-order valence-electron chi connectivity index (χ3n) is 5.39. The van der Waals surface area contributed by atoms with E-state index in [0.717, 1.165) is 47.5 Å². The van der Waals surface area contributed by atoms with Crippen LogP contribution < -0.4 is 5.32 Å². The van der Waals surface area contributed by atoms with Crippen molar-refractivity contribution in [2.75, 3.05) is 25.6 Å². The van der Waals surface area contributed by atoms with E-state index in [-0.39, 0.29) is 18.3 Å². The van der Waals surface area contributed by atoms with E-state index in [4.69, 9.17) is 9.47 Å². The van der Waals surface area contributed by atoms with E-state index in [2.05, 4.69) is 5.32 Å². The molecule has 1 aliphatic carbocycles. The van der Waals surface area contributed by atoms with Crippen molar-refractivity contribution in [2.24, 2.45) is 0 Å². The molecule has 0 fully saturated rings.